The maximum atomic E-state index is 12.1. The first-order valence-electron chi connectivity index (χ1n) is 11.0. The van der Waals surface area contributed by atoms with Gasteiger partial charge in [0.25, 0.3) is 10.1 Å². The van der Waals surface area contributed by atoms with E-state index in [1.807, 2.05) is 0 Å². The number of ether oxygens (including phenoxy) is 1. The number of carbonyl (C=O) groups is 3. The lowest BCUT2D eigenvalue weighted by Gasteiger charge is -2.38. The molecule has 0 unspecified atom stereocenters. The van der Waals surface area contributed by atoms with Crippen LogP contribution in [0.3, 0.4) is 0 Å². The fourth-order valence-corrected chi connectivity index (χ4v) is 4.62. The number of esters is 1. The third kappa shape index (κ3) is 9.41. The van der Waals surface area contributed by atoms with Crippen molar-refractivity contribution in [3.8, 4) is 0 Å². The van der Waals surface area contributed by atoms with Gasteiger partial charge in [0, 0.05) is 25.3 Å². The van der Waals surface area contributed by atoms with Crippen LogP contribution in [0.4, 0.5) is 0 Å². The van der Waals surface area contributed by atoms with Gasteiger partial charge in [-0.2, -0.15) is 8.42 Å². The van der Waals surface area contributed by atoms with E-state index in [1.54, 1.807) is 0 Å². The number of carboxylic acid groups (broad SMARTS) is 1. The summed E-state index contributed by atoms with van der Waals surface area (Å²) in [6.45, 7) is 2.66. The Morgan fingerprint density at radius 2 is 1.72 bits per heavy atom. The summed E-state index contributed by atoms with van der Waals surface area (Å²) in [6.07, 6.45) is 6.53. The van der Waals surface area contributed by atoms with E-state index in [9.17, 15) is 33.0 Å². The van der Waals surface area contributed by atoms with Gasteiger partial charge in [-0.1, -0.05) is 46.0 Å². The number of hydrogen-bond donors (Lipinski definition) is 3. The molecule has 1 saturated carbocycles. The summed E-state index contributed by atoms with van der Waals surface area (Å²) in [4.78, 5) is 34.7. The predicted octanol–water partition coefficient (Wildman–Crippen LogP) is 1.60. The standard InChI is InChI=1S/C21H37NO9S/c1-16(23)22-12-7-13-32(28,29)31-14-20(2,3)21(27,19(25)26)15-30-18(24)11-10-17-8-5-4-6-9-17/h17,27H,4-15H2,1-3H3,(H,22,23)(H,25,26)/t21-/m1/s1. The van der Waals surface area contributed by atoms with Crippen molar-refractivity contribution < 1.29 is 41.9 Å². The average Bonchev–Trinajstić information content (AvgIpc) is 2.72. The average molecular weight is 480 g/mol. The summed E-state index contributed by atoms with van der Waals surface area (Å²) in [5.74, 6) is -2.46. The van der Waals surface area contributed by atoms with Gasteiger partial charge < -0.3 is 20.3 Å². The highest BCUT2D eigenvalue weighted by Crippen LogP contribution is 2.33. The highest BCUT2D eigenvalue weighted by Gasteiger charge is 2.52. The van der Waals surface area contributed by atoms with E-state index in [2.05, 4.69) is 5.32 Å². The quantitative estimate of drug-likeness (QED) is 0.191. The summed E-state index contributed by atoms with van der Waals surface area (Å²) in [5, 5.41) is 22.8. The Morgan fingerprint density at radius 1 is 1.09 bits per heavy atom. The lowest BCUT2D eigenvalue weighted by Crippen LogP contribution is -2.57. The molecule has 0 radical (unpaired) electrons. The molecule has 0 aliphatic heterocycles. The molecule has 0 bridgehead atoms. The van der Waals surface area contributed by atoms with Crippen LogP contribution in [0.1, 0.15) is 72.1 Å². The van der Waals surface area contributed by atoms with Gasteiger partial charge in [-0.3, -0.25) is 13.8 Å². The molecule has 1 rings (SSSR count). The molecule has 11 heteroatoms. The van der Waals surface area contributed by atoms with Crippen molar-refractivity contribution >= 4 is 28.0 Å². The predicted molar refractivity (Wildman–Crippen MR) is 116 cm³/mol. The molecule has 1 aliphatic carbocycles. The number of nitrogens with one attached hydrogen (secondary N) is 1. The summed E-state index contributed by atoms with van der Waals surface area (Å²) < 4.78 is 34.1. The van der Waals surface area contributed by atoms with Gasteiger partial charge in [0.05, 0.1) is 12.4 Å². The van der Waals surface area contributed by atoms with E-state index >= 15 is 0 Å². The molecule has 0 heterocycles. The van der Waals surface area contributed by atoms with Gasteiger partial charge in [-0.25, -0.2) is 4.79 Å². The zero-order valence-corrected chi connectivity index (χ0v) is 20.0. The van der Waals surface area contributed by atoms with Gasteiger partial charge >= 0.3 is 11.9 Å². The number of carboxylic acids is 1. The fourth-order valence-electron chi connectivity index (χ4n) is 3.53. The van der Waals surface area contributed by atoms with E-state index in [0.29, 0.717) is 12.3 Å². The van der Waals surface area contributed by atoms with Gasteiger partial charge in [-0.15, -0.1) is 0 Å². The van der Waals surface area contributed by atoms with E-state index in [4.69, 9.17) is 8.92 Å². The second kappa shape index (κ2) is 12.5. The molecule has 0 spiro atoms. The Bertz CT molecular complexity index is 744. The van der Waals surface area contributed by atoms with Gasteiger partial charge in [0.15, 0.2) is 0 Å². The second-order valence-electron chi connectivity index (χ2n) is 9.11. The number of amides is 1. The zero-order chi connectivity index (χ0) is 24.4. The SMILES string of the molecule is CC(=O)NCCCS(=O)(=O)OCC(C)(C)[C@@](O)(COC(=O)CCC1CCCCC1)C(=O)O. The minimum Gasteiger partial charge on any atom is -0.479 e. The summed E-state index contributed by atoms with van der Waals surface area (Å²) >= 11 is 0. The molecule has 0 saturated heterocycles. The molecule has 1 aliphatic rings. The van der Waals surface area contributed by atoms with E-state index < -0.39 is 46.3 Å². The molecule has 0 aromatic carbocycles. The molecule has 3 N–H and O–H groups in total. The largest absolute Gasteiger partial charge is 0.479 e. The van der Waals surface area contributed by atoms with Crippen molar-refractivity contribution in [1.29, 1.82) is 0 Å². The molecule has 32 heavy (non-hydrogen) atoms. The fraction of sp³-hybridized carbons (Fsp3) is 0.857. The van der Waals surface area contributed by atoms with Gasteiger partial charge in [0.1, 0.15) is 6.61 Å². The lowest BCUT2D eigenvalue weighted by atomic mass is 9.76. The Balaban J connectivity index is 2.60. The monoisotopic (exact) mass is 479 g/mol. The van der Waals surface area contributed by atoms with Crippen LogP contribution in [0.5, 0.6) is 0 Å². The summed E-state index contributed by atoms with van der Waals surface area (Å²) in [5.41, 5.74) is -4.13. The first kappa shape index (κ1) is 28.3. The number of rotatable bonds is 14. The van der Waals surface area contributed by atoms with Crippen molar-refractivity contribution in [1.82, 2.24) is 5.32 Å². The van der Waals surface area contributed by atoms with Crippen LogP contribution in [0.15, 0.2) is 0 Å². The maximum Gasteiger partial charge on any atom is 0.339 e. The Kier molecular flexibility index (Phi) is 11.1. The number of hydrogen-bond acceptors (Lipinski definition) is 8. The molecule has 0 aromatic heterocycles. The summed E-state index contributed by atoms with van der Waals surface area (Å²) in [7, 11) is -4.01. The number of aliphatic carboxylic acids is 1. The molecule has 10 nitrogen and oxygen atoms in total. The van der Waals surface area contributed by atoms with E-state index in [1.165, 1.54) is 27.2 Å². The van der Waals surface area contributed by atoms with Crippen LogP contribution in [0.25, 0.3) is 0 Å². The molecule has 0 aromatic rings. The van der Waals surface area contributed by atoms with Crippen molar-refractivity contribution in [2.75, 3.05) is 25.5 Å². The van der Waals surface area contributed by atoms with Gasteiger partial charge in [0.2, 0.25) is 11.5 Å². The van der Waals surface area contributed by atoms with E-state index in [0.717, 1.165) is 25.7 Å². The summed E-state index contributed by atoms with van der Waals surface area (Å²) in [6, 6.07) is 0. The van der Waals surface area contributed by atoms with Crippen molar-refractivity contribution in [3.05, 3.63) is 0 Å². The minimum absolute atomic E-state index is 0.115. The molecule has 186 valence electrons. The minimum atomic E-state index is -4.01. The van der Waals surface area contributed by atoms with Crippen LogP contribution < -0.4 is 5.32 Å². The highest BCUT2D eigenvalue weighted by atomic mass is 32.2. The Hall–Kier alpha value is -1.72. The number of aliphatic hydroxyl groups is 1. The molecular weight excluding hydrogens is 442 g/mol. The first-order chi connectivity index (χ1) is 14.8. The van der Waals surface area contributed by atoms with Crippen LogP contribution in [0.2, 0.25) is 0 Å². The normalized spacial score (nSPS) is 17.4. The van der Waals surface area contributed by atoms with Crippen LogP contribution >= 0.6 is 0 Å². The lowest BCUT2D eigenvalue weighted by molar-refractivity contribution is -0.190. The third-order valence-corrected chi connectivity index (χ3v) is 7.21. The van der Waals surface area contributed by atoms with Crippen LogP contribution in [-0.2, 0) is 33.4 Å². The topological polar surface area (TPSA) is 156 Å². The Morgan fingerprint density at radius 3 is 2.28 bits per heavy atom. The number of carbonyl (C=O) groups excluding carboxylic acids is 2. The smallest absolute Gasteiger partial charge is 0.339 e. The second-order valence-corrected chi connectivity index (χ2v) is 10.9. The van der Waals surface area contributed by atoms with E-state index in [-0.39, 0.29) is 31.0 Å². The molecular formula is C21H37NO9S. The van der Waals surface area contributed by atoms with Crippen molar-refractivity contribution in [3.63, 3.8) is 0 Å². The van der Waals surface area contributed by atoms with Crippen molar-refractivity contribution in [2.24, 2.45) is 11.3 Å². The Labute approximate surface area is 190 Å². The third-order valence-electron chi connectivity index (χ3n) is 5.94. The van der Waals surface area contributed by atoms with Gasteiger partial charge in [-0.05, 0) is 18.8 Å². The van der Waals surface area contributed by atoms with Crippen molar-refractivity contribution in [2.45, 2.75) is 77.7 Å². The van der Waals surface area contributed by atoms with Crippen LogP contribution in [0, 0.1) is 11.3 Å². The molecule has 1 fully saturated rings. The van der Waals surface area contributed by atoms with Crippen LogP contribution in [-0.4, -0.2) is 67.6 Å². The maximum absolute atomic E-state index is 12.1. The zero-order valence-electron chi connectivity index (χ0n) is 19.2. The molecule has 1 atom stereocenters. The highest BCUT2D eigenvalue weighted by molar-refractivity contribution is 7.86. The molecule has 1 amide bonds. The first-order valence-corrected chi connectivity index (χ1v) is 12.6.